The second-order valence-electron chi connectivity index (χ2n) is 7.55. The Balaban J connectivity index is 1.70. The summed E-state index contributed by atoms with van der Waals surface area (Å²) in [6, 6.07) is 5.65. The van der Waals surface area contributed by atoms with Gasteiger partial charge in [-0.2, -0.15) is 0 Å². The number of benzene rings is 1. The minimum absolute atomic E-state index is 0.0837. The number of Topliss-reactive ketones (excluding diaryl/α,β-unsaturated/α-hetero) is 1. The standard InChI is InChI=1S/C19H22O3/c1-19-9-8-14-13-4-3-12(18(21)22)10-11(13)2-5-15(14)16(19)6-7-17(19)20/h3-4,10,14-16H,2,5-9H2,1H3,(H,21,22). The highest BCUT2D eigenvalue weighted by Crippen LogP contribution is 2.59. The van der Waals surface area contributed by atoms with Gasteiger partial charge in [-0.3, -0.25) is 4.79 Å². The van der Waals surface area contributed by atoms with Crippen LogP contribution in [-0.2, 0) is 11.2 Å². The maximum Gasteiger partial charge on any atom is 0.335 e. The normalized spacial score (nSPS) is 36.4. The monoisotopic (exact) mass is 298 g/mol. The number of fused-ring (bicyclic) bond motifs is 5. The highest BCUT2D eigenvalue weighted by molar-refractivity contribution is 5.88. The molecule has 0 bridgehead atoms. The van der Waals surface area contributed by atoms with Gasteiger partial charge in [0.05, 0.1) is 5.56 Å². The molecule has 1 aromatic rings. The molecule has 4 atom stereocenters. The molecule has 2 fully saturated rings. The number of hydrogen-bond acceptors (Lipinski definition) is 2. The molecule has 3 nitrogen and oxygen atoms in total. The summed E-state index contributed by atoms with van der Waals surface area (Å²) in [6.07, 6.45) is 5.95. The number of aromatic carboxylic acids is 1. The van der Waals surface area contributed by atoms with Crippen molar-refractivity contribution in [3.63, 3.8) is 0 Å². The van der Waals surface area contributed by atoms with Gasteiger partial charge in [0.25, 0.3) is 0 Å². The molecule has 1 N–H and O–H groups in total. The number of carboxylic acid groups (broad SMARTS) is 1. The number of carbonyl (C=O) groups excluding carboxylic acids is 1. The molecule has 22 heavy (non-hydrogen) atoms. The maximum absolute atomic E-state index is 12.3. The Morgan fingerprint density at radius 2 is 2.05 bits per heavy atom. The summed E-state index contributed by atoms with van der Waals surface area (Å²) in [5, 5.41) is 9.17. The van der Waals surface area contributed by atoms with Crippen LogP contribution < -0.4 is 0 Å². The molecule has 3 heteroatoms. The van der Waals surface area contributed by atoms with Crippen LogP contribution in [0.3, 0.4) is 0 Å². The van der Waals surface area contributed by atoms with Gasteiger partial charge in [-0.15, -0.1) is 0 Å². The van der Waals surface area contributed by atoms with Crippen molar-refractivity contribution in [3.05, 3.63) is 34.9 Å². The highest BCUT2D eigenvalue weighted by atomic mass is 16.4. The van der Waals surface area contributed by atoms with Crippen molar-refractivity contribution in [1.29, 1.82) is 0 Å². The van der Waals surface area contributed by atoms with Crippen molar-refractivity contribution in [3.8, 4) is 0 Å². The molecule has 0 heterocycles. The SMILES string of the molecule is CC12CCC3c4ccc(C(=O)O)cc4CCC3C1CCC2=O. The largest absolute Gasteiger partial charge is 0.478 e. The molecule has 116 valence electrons. The molecule has 2 saturated carbocycles. The molecular formula is C19H22O3. The zero-order valence-electron chi connectivity index (χ0n) is 13.0. The van der Waals surface area contributed by atoms with E-state index in [9.17, 15) is 9.59 Å². The van der Waals surface area contributed by atoms with E-state index in [1.165, 1.54) is 11.1 Å². The van der Waals surface area contributed by atoms with Crippen LogP contribution in [0.1, 0.15) is 66.4 Å². The Bertz CT molecular complexity index is 663. The third-order valence-electron chi connectivity index (χ3n) is 6.68. The van der Waals surface area contributed by atoms with Crippen LogP contribution >= 0.6 is 0 Å². The molecule has 0 amide bonds. The van der Waals surface area contributed by atoms with Gasteiger partial charge in [-0.25, -0.2) is 4.79 Å². The number of carboxylic acids is 1. The van der Waals surface area contributed by atoms with Crippen molar-refractivity contribution in [2.45, 2.75) is 51.4 Å². The fourth-order valence-electron chi connectivity index (χ4n) is 5.49. The van der Waals surface area contributed by atoms with Crippen LogP contribution in [0, 0.1) is 17.3 Å². The molecule has 0 saturated heterocycles. The van der Waals surface area contributed by atoms with Gasteiger partial charge < -0.3 is 5.11 Å². The molecule has 0 aliphatic heterocycles. The third kappa shape index (κ3) is 1.81. The number of rotatable bonds is 1. The maximum atomic E-state index is 12.3. The zero-order valence-corrected chi connectivity index (χ0v) is 13.0. The number of carbonyl (C=O) groups is 2. The Hall–Kier alpha value is -1.64. The lowest BCUT2D eigenvalue weighted by Crippen LogP contribution is -2.42. The fourth-order valence-corrected chi connectivity index (χ4v) is 5.49. The topological polar surface area (TPSA) is 54.4 Å². The second-order valence-corrected chi connectivity index (χ2v) is 7.55. The van der Waals surface area contributed by atoms with Crippen molar-refractivity contribution < 1.29 is 14.7 Å². The van der Waals surface area contributed by atoms with Crippen LogP contribution in [0.5, 0.6) is 0 Å². The molecule has 4 rings (SSSR count). The summed E-state index contributed by atoms with van der Waals surface area (Å²) in [6.45, 7) is 2.19. The van der Waals surface area contributed by atoms with E-state index >= 15 is 0 Å². The van der Waals surface area contributed by atoms with E-state index in [-0.39, 0.29) is 5.41 Å². The van der Waals surface area contributed by atoms with Crippen molar-refractivity contribution >= 4 is 11.8 Å². The average molecular weight is 298 g/mol. The first-order valence-corrected chi connectivity index (χ1v) is 8.40. The van der Waals surface area contributed by atoms with Gasteiger partial charge in [-0.1, -0.05) is 13.0 Å². The molecule has 0 spiro atoms. The van der Waals surface area contributed by atoms with Crippen LogP contribution in [0.2, 0.25) is 0 Å². The van der Waals surface area contributed by atoms with E-state index < -0.39 is 5.97 Å². The Kier molecular flexibility index (Phi) is 2.97. The molecular weight excluding hydrogens is 276 g/mol. The Morgan fingerprint density at radius 3 is 2.82 bits per heavy atom. The fraction of sp³-hybridized carbons (Fsp3) is 0.579. The number of ketones is 1. The van der Waals surface area contributed by atoms with Gasteiger partial charge in [0, 0.05) is 11.8 Å². The molecule has 4 unspecified atom stereocenters. The number of hydrogen-bond donors (Lipinski definition) is 1. The summed E-state index contributed by atoms with van der Waals surface area (Å²) in [7, 11) is 0. The summed E-state index contributed by atoms with van der Waals surface area (Å²) in [5.74, 6) is 1.29. The van der Waals surface area contributed by atoms with Crippen LogP contribution in [0.4, 0.5) is 0 Å². The van der Waals surface area contributed by atoms with Gasteiger partial charge in [-0.05, 0) is 73.1 Å². The van der Waals surface area contributed by atoms with Gasteiger partial charge >= 0.3 is 5.97 Å². The van der Waals surface area contributed by atoms with Crippen molar-refractivity contribution in [2.24, 2.45) is 17.3 Å². The van der Waals surface area contributed by atoms with Crippen LogP contribution in [0.25, 0.3) is 0 Å². The highest BCUT2D eigenvalue weighted by Gasteiger charge is 2.54. The summed E-state index contributed by atoms with van der Waals surface area (Å²) < 4.78 is 0. The molecule has 3 aliphatic rings. The zero-order chi connectivity index (χ0) is 15.5. The van der Waals surface area contributed by atoms with E-state index in [2.05, 4.69) is 6.92 Å². The lowest BCUT2D eigenvalue weighted by molar-refractivity contribution is -0.129. The first-order chi connectivity index (χ1) is 10.5. The first-order valence-electron chi connectivity index (χ1n) is 8.40. The minimum Gasteiger partial charge on any atom is -0.478 e. The molecule has 3 aliphatic carbocycles. The quantitative estimate of drug-likeness (QED) is 0.857. The summed E-state index contributed by atoms with van der Waals surface area (Å²) >= 11 is 0. The second kappa shape index (κ2) is 4.68. The van der Waals surface area contributed by atoms with Crippen LogP contribution in [0.15, 0.2) is 18.2 Å². The van der Waals surface area contributed by atoms with Gasteiger partial charge in [0.2, 0.25) is 0 Å². The predicted octanol–water partition coefficient (Wildman–Crippen LogP) is 3.81. The van der Waals surface area contributed by atoms with E-state index in [1.807, 2.05) is 12.1 Å². The average Bonchev–Trinajstić information content (AvgIpc) is 2.82. The lowest BCUT2D eigenvalue weighted by Gasteiger charge is -2.48. The summed E-state index contributed by atoms with van der Waals surface area (Å²) in [4.78, 5) is 23.5. The van der Waals surface area contributed by atoms with Gasteiger partial charge in [0.1, 0.15) is 5.78 Å². The third-order valence-corrected chi connectivity index (χ3v) is 6.68. The molecule has 0 radical (unpaired) electrons. The Morgan fingerprint density at radius 1 is 1.23 bits per heavy atom. The van der Waals surface area contributed by atoms with E-state index in [1.54, 1.807) is 6.07 Å². The van der Waals surface area contributed by atoms with E-state index in [0.717, 1.165) is 38.5 Å². The predicted molar refractivity (Wildman–Crippen MR) is 83.0 cm³/mol. The smallest absolute Gasteiger partial charge is 0.335 e. The molecule has 0 aromatic heterocycles. The van der Waals surface area contributed by atoms with Crippen LogP contribution in [-0.4, -0.2) is 16.9 Å². The number of aryl methyl sites for hydroxylation is 1. The molecule has 1 aromatic carbocycles. The van der Waals surface area contributed by atoms with E-state index in [0.29, 0.717) is 29.1 Å². The minimum atomic E-state index is -0.845. The Labute approximate surface area is 130 Å². The lowest BCUT2D eigenvalue weighted by atomic mass is 9.55. The van der Waals surface area contributed by atoms with Crippen molar-refractivity contribution in [2.75, 3.05) is 0 Å². The van der Waals surface area contributed by atoms with Crippen molar-refractivity contribution in [1.82, 2.24) is 0 Å². The van der Waals surface area contributed by atoms with Gasteiger partial charge in [0.15, 0.2) is 0 Å². The first kappa shape index (κ1) is 14.0. The van der Waals surface area contributed by atoms with E-state index in [4.69, 9.17) is 5.11 Å². The summed E-state index contributed by atoms with van der Waals surface area (Å²) in [5.41, 5.74) is 2.88.